The number of hydrogen-bond acceptors (Lipinski definition) is 4. The van der Waals surface area contributed by atoms with Crippen molar-refractivity contribution < 1.29 is 4.42 Å². The molecule has 8 aromatic carbocycles. The number of para-hydroxylation sites is 1. The van der Waals surface area contributed by atoms with Gasteiger partial charge in [-0.1, -0.05) is 133 Å². The molecule has 10 rings (SSSR count). The fourth-order valence-electron chi connectivity index (χ4n) is 7.15. The number of furan rings is 1. The molecular weight excluding hydrogens is 599 g/mol. The standard InChI is InChI=1S/C45H27N3O/c1-2-11-29(12-3-1)43-46-44(48-45(47-43)38-18-10-20-41-42(38)37-17-8-9-19-40(37)49-41)32-24-22-28-21-23-31(25-33(28)26-32)39-27-30-13-4-5-14-34(30)35-15-6-7-16-36(35)39/h1-27H. The van der Waals surface area contributed by atoms with Crippen molar-refractivity contribution in [3.05, 3.63) is 164 Å². The largest absolute Gasteiger partial charge is 0.456 e. The van der Waals surface area contributed by atoms with E-state index < -0.39 is 0 Å². The van der Waals surface area contributed by atoms with E-state index in [2.05, 4.69) is 103 Å². The first kappa shape index (κ1) is 27.5. The second-order valence-corrected chi connectivity index (χ2v) is 12.4. The minimum atomic E-state index is 0.609. The van der Waals surface area contributed by atoms with Gasteiger partial charge in [0, 0.05) is 27.5 Å². The maximum absolute atomic E-state index is 6.22. The lowest BCUT2D eigenvalue weighted by atomic mass is 9.92. The highest BCUT2D eigenvalue weighted by atomic mass is 16.3. The maximum atomic E-state index is 6.22. The summed E-state index contributed by atoms with van der Waals surface area (Å²) in [5, 5.41) is 9.32. The van der Waals surface area contributed by atoms with E-state index in [1.807, 2.05) is 60.7 Å². The van der Waals surface area contributed by atoms with Gasteiger partial charge in [0.1, 0.15) is 11.2 Å². The molecular formula is C45H27N3O. The number of hydrogen-bond donors (Lipinski definition) is 0. The minimum Gasteiger partial charge on any atom is -0.456 e. The Morgan fingerprint density at radius 3 is 1.82 bits per heavy atom. The summed E-state index contributed by atoms with van der Waals surface area (Å²) in [6.07, 6.45) is 0. The molecule has 4 heteroatoms. The molecule has 0 radical (unpaired) electrons. The van der Waals surface area contributed by atoms with Crippen LogP contribution in [0.15, 0.2) is 168 Å². The summed E-state index contributed by atoms with van der Waals surface area (Å²) in [4.78, 5) is 15.2. The molecule has 0 bridgehead atoms. The van der Waals surface area contributed by atoms with Crippen molar-refractivity contribution in [2.45, 2.75) is 0 Å². The van der Waals surface area contributed by atoms with Crippen molar-refractivity contribution in [1.29, 1.82) is 0 Å². The highest BCUT2D eigenvalue weighted by Gasteiger charge is 2.18. The predicted molar refractivity (Wildman–Crippen MR) is 201 cm³/mol. The number of nitrogens with zero attached hydrogens (tertiary/aromatic N) is 3. The van der Waals surface area contributed by atoms with E-state index in [4.69, 9.17) is 19.4 Å². The van der Waals surface area contributed by atoms with Gasteiger partial charge in [0.25, 0.3) is 0 Å². The summed E-state index contributed by atoms with van der Waals surface area (Å²) in [5.41, 5.74) is 6.81. The van der Waals surface area contributed by atoms with Crippen molar-refractivity contribution in [2.24, 2.45) is 0 Å². The molecule has 228 valence electrons. The second kappa shape index (κ2) is 11.0. The molecule has 0 aliphatic heterocycles. The summed E-state index contributed by atoms with van der Waals surface area (Å²) in [6, 6.07) is 57.1. The van der Waals surface area contributed by atoms with Gasteiger partial charge in [0.2, 0.25) is 0 Å². The second-order valence-electron chi connectivity index (χ2n) is 12.4. The fourth-order valence-corrected chi connectivity index (χ4v) is 7.15. The van der Waals surface area contributed by atoms with Crippen LogP contribution in [0.25, 0.3) is 99.5 Å². The lowest BCUT2D eigenvalue weighted by Crippen LogP contribution is -2.00. The Hall–Kier alpha value is -6.65. The summed E-state index contributed by atoms with van der Waals surface area (Å²) < 4.78 is 6.22. The molecule has 2 aromatic heterocycles. The van der Waals surface area contributed by atoms with Gasteiger partial charge in [0.15, 0.2) is 17.5 Å². The lowest BCUT2D eigenvalue weighted by molar-refractivity contribution is 0.669. The van der Waals surface area contributed by atoms with Crippen molar-refractivity contribution in [3.8, 4) is 45.3 Å². The number of rotatable bonds is 4. The average Bonchev–Trinajstić information content (AvgIpc) is 3.56. The summed E-state index contributed by atoms with van der Waals surface area (Å²) in [6.45, 7) is 0. The molecule has 2 heterocycles. The van der Waals surface area contributed by atoms with E-state index >= 15 is 0 Å². The van der Waals surface area contributed by atoms with E-state index in [0.29, 0.717) is 17.5 Å². The molecule has 0 amide bonds. The van der Waals surface area contributed by atoms with E-state index in [-0.39, 0.29) is 0 Å². The Kier molecular flexibility index (Phi) is 6.15. The Morgan fingerprint density at radius 2 is 0.959 bits per heavy atom. The zero-order valence-electron chi connectivity index (χ0n) is 26.3. The molecule has 0 aliphatic carbocycles. The predicted octanol–water partition coefficient (Wildman–Crippen LogP) is 11.9. The third-order valence-corrected chi connectivity index (χ3v) is 9.49. The van der Waals surface area contributed by atoms with Gasteiger partial charge in [-0.15, -0.1) is 0 Å². The van der Waals surface area contributed by atoms with E-state index in [0.717, 1.165) is 49.4 Å². The summed E-state index contributed by atoms with van der Waals surface area (Å²) >= 11 is 0. The van der Waals surface area contributed by atoms with Crippen LogP contribution in [0.5, 0.6) is 0 Å². The lowest BCUT2D eigenvalue weighted by Gasteiger charge is -2.12. The average molecular weight is 626 g/mol. The molecule has 0 atom stereocenters. The maximum Gasteiger partial charge on any atom is 0.164 e. The van der Waals surface area contributed by atoms with Crippen molar-refractivity contribution >= 4 is 54.3 Å². The van der Waals surface area contributed by atoms with Gasteiger partial charge in [-0.3, -0.25) is 0 Å². The van der Waals surface area contributed by atoms with Gasteiger partial charge in [-0.2, -0.15) is 0 Å². The van der Waals surface area contributed by atoms with Crippen LogP contribution in [0.2, 0.25) is 0 Å². The minimum absolute atomic E-state index is 0.609. The van der Waals surface area contributed by atoms with Crippen molar-refractivity contribution in [3.63, 3.8) is 0 Å². The van der Waals surface area contributed by atoms with Gasteiger partial charge in [-0.25, -0.2) is 15.0 Å². The first-order valence-corrected chi connectivity index (χ1v) is 16.4. The molecule has 0 saturated heterocycles. The third-order valence-electron chi connectivity index (χ3n) is 9.49. The van der Waals surface area contributed by atoms with Crippen LogP contribution in [0, 0.1) is 0 Å². The third kappa shape index (κ3) is 4.57. The summed E-state index contributed by atoms with van der Waals surface area (Å²) in [7, 11) is 0. The molecule has 10 aromatic rings. The summed E-state index contributed by atoms with van der Waals surface area (Å²) in [5.74, 6) is 1.86. The molecule has 0 fully saturated rings. The molecule has 0 spiro atoms. The normalized spacial score (nSPS) is 11.7. The van der Waals surface area contributed by atoms with Gasteiger partial charge >= 0.3 is 0 Å². The molecule has 49 heavy (non-hydrogen) atoms. The molecule has 0 unspecified atom stereocenters. The van der Waals surface area contributed by atoms with Crippen molar-refractivity contribution in [2.75, 3.05) is 0 Å². The number of aromatic nitrogens is 3. The Morgan fingerprint density at radius 1 is 0.327 bits per heavy atom. The zero-order chi connectivity index (χ0) is 32.3. The quantitative estimate of drug-likeness (QED) is 0.183. The zero-order valence-corrected chi connectivity index (χ0v) is 26.3. The van der Waals surface area contributed by atoms with Crippen LogP contribution in [-0.4, -0.2) is 15.0 Å². The van der Waals surface area contributed by atoms with Crippen LogP contribution in [0.1, 0.15) is 0 Å². The highest BCUT2D eigenvalue weighted by molar-refractivity contribution is 6.14. The van der Waals surface area contributed by atoms with Crippen LogP contribution in [0.3, 0.4) is 0 Å². The molecule has 0 aliphatic rings. The highest BCUT2D eigenvalue weighted by Crippen LogP contribution is 2.38. The Bertz CT molecular complexity index is 2890. The van der Waals surface area contributed by atoms with E-state index in [9.17, 15) is 0 Å². The van der Waals surface area contributed by atoms with Gasteiger partial charge in [0.05, 0.1) is 0 Å². The smallest absolute Gasteiger partial charge is 0.164 e. The van der Waals surface area contributed by atoms with Crippen LogP contribution in [-0.2, 0) is 0 Å². The first-order valence-electron chi connectivity index (χ1n) is 16.4. The SMILES string of the molecule is c1ccc(-c2nc(-c3ccc4ccc(-c5cc6ccccc6c6ccccc56)cc4c3)nc(-c3cccc4oc5ccccc5c34)n2)cc1. The molecule has 0 N–H and O–H groups in total. The fraction of sp³-hybridized carbons (Fsp3) is 0. The van der Waals surface area contributed by atoms with E-state index in [1.165, 1.54) is 32.7 Å². The Balaban J connectivity index is 1.17. The number of benzene rings is 8. The van der Waals surface area contributed by atoms with Gasteiger partial charge in [-0.05, 0) is 73.8 Å². The first-order chi connectivity index (χ1) is 24.3. The number of fused-ring (bicyclic) bond motifs is 7. The molecule has 4 nitrogen and oxygen atoms in total. The van der Waals surface area contributed by atoms with E-state index in [1.54, 1.807) is 0 Å². The van der Waals surface area contributed by atoms with Gasteiger partial charge < -0.3 is 4.42 Å². The Labute approximate surface area is 282 Å². The van der Waals surface area contributed by atoms with Crippen molar-refractivity contribution in [1.82, 2.24) is 15.0 Å². The van der Waals surface area contributed by atoms with Crippen LogP contribution < -0.4 is 0 Å². The monoisotopic (exact) mass is 625 g/mol. The van der Waals surface area contributed by atoms with Crippen LogP contribution in [0.4, 0.5) is 0 Å². The molecule has 0 saturated carbocycles. The topological polar surface area (TPSA) is 51.8 Å². The van der Waals surface area contributed by atoms with Crippen LogP contribution >= 0.6 is 0 Å².